The fourth-order valence-corrected chi connectivity index (χ4v) is 1.82. The monoisotopic (exact) mass is 257 g/mol. The van der Waals surface area contributed by atoms with Crippen molar-refractivity contribution in [3.63, 3.8) is 0 Å². The van der Waals surface area contributed by atoms with Crippen molar-refractivity contribution in [1.29, 1.82) is 0 Å². The van der Waals surface area contributed by atoms with E-state index in [0.29, 0.717) is 11.3 Å². The van der Waals surface area contributed by atoms with Crippen LogP contribution in [0.5, 0.6) is 0 Å². The van der Waals surface area contributed by atoms with Crippen molar-refractivity contribution in [2.75, 3.05) is 5.32 Å². The summed E-state index contributed by atoms with van der Waals surface area (Å²) in [6.07, 6.45) is 0.935. The Bertz CT molecular complexity index is 590. The Hall–Kier alpha value is -2.16. The SMILES string of the molecule is CCc1ccc(C(=O)Nc2cc(F)ccc2C)cc1. The first-order chi connectivity index (χ1) is 9.10. The van der Waals surface area contributed by atoms with E-state index in [2.05, 4.69) is 12.2 Å². The third-order valence-corrected chi connectivity index (χ3v) is 3.07. The highest BCUT2D eigenvalue weighted by atomic mass is 19.1. The molecule has 0 fully saturated rings. The maximum atomic E-state index is 13.1. The van der Waals surface area contributed by atoms with Crippen LogP contribution in [0.3, 0.4) is 0 Å². The van der Waals surface area contributed by atoms with Crippen LogP contribution in [0.15, 0.2) is 42.5 Å². The second-order valence-corrected chi connectivity index (χ2v) is 4.46. The Morgan fingerprint density at radius 3 is 2.47 bits per heavy atom. The predicted molar refractivity (Wildman–Crippen MR) is 74.9 cm³/mol. The molecule has 0 aliphatic carbocycles. The molecule has 0 saturated heterocycles. The molecule has 3 heteroatoms. The zero-order chi connectivity index (χ0) is 13.8. The van der Waals surface area contributed by atoms with E-state index in [1.165, 1.54) is 17.7 Å². The topological polar surface area (TPSA) is 29.1 Å². The lowest BCUT2D eigenvalue weighted by atomic mass is 10.1. The lowest BCUT2D eigenvalue weighted by Crippen LogP contribution is -2.12. The average Bonchev–Trinajstić information content (AvgIpc) is 2.43. The maximum absolute atomic E-state index is 13.1. The fraction of sp³-hybridized carbons (Fsp3) is 0.188. The molecule has 0 aliphatic rings. The smallest absolute Gasteiger partial charge is 0.255 e. The molecule has 0 atom stereocenters. The molecule has 98 valence electrons. The summed E-state index contributed by atoms with van der Waals surface area (Å²) in [5, 5.41) is 2.73. The second kappa shape index (κ2) is 5.65. The molecule has 0 radical (unpaired) electrons. The Balaban J connectivity index is 2.18. The minimum Gasteiger partial charge on any atom is -0.322 e. The van der Waals surface area contributed by atoms with Crippen LogP contribution in [-0.4, -0.2) is 5.91 Å². The molecular weight excluding hydrogens is 241 g/mol. The van der Waals surface area contributed by atoms with Crippen LogP contribution < -0.4 is 5.32 Å². The molecular formula is C16H16FNO. The minimum atomic E-state index is -0.359. The minimum absolute atomic E-state index is 0.226. The zero-order valence-electron chi connectivity index (χ0n) is 11.0. The lowest BCUT2D eigenvalue weighted by molar-refractivity contribution is 0.102. The summed E-state index contributed by atoms with van der Waals surface area (Å²) in [5.41, 5.74) is 3.09. The molecule has 2 nitrogen and oxygen atoms in total. The number of amides is 1. The van der Waals surface area contributed by atoms with Gasteiger partial charge in [-0.1, -0.05) is 25.1 Å². The van der Waals surface area contributed by atoms with Crippen molar-refractivity contribution < 1.29 is 9.18 Å². The molecule has 2 aromatic carbocycles. The molecule has 1 N–H and O–H groups in total. The highest BCUT2D eigenvalue weighted by Crippen LogP contribution is 2.17. The van der Waals surface area contributed by atoms with Crippen LogP contribution in [-0.2, 0) is 6.42 Å². The number of carbonyl (C=O) groups is 1. The van der Waals surface area contributed by atoms with Crippen LogP contribution >= 0.6 is 0 Å². The molecule has 0 heterocycles. The van der Waals surface area contributed by atoms with Gasteiger partial charge in [0.05, 0.1) is 0 Å². The summed E-state index contributed by atoms with van der Waals surface area (Å²) in [5.74, 6) is -0.585. The number of rotatable bonds is 3. The van der Waals surface area contributed by atoms with Gasteiger partial charge in [-0.05, 0) is 48.7 Å². The molecule has 0 aliphatic heterocycles. The van der Waals surface area contributed by atoms with Crippen molar-refractivity contribution in [1.82, 2.24) is 0 Å². The summed E-state index contributed by atoms with van der Waals surface area (Å²) >= 11 is 0. The van der Waals surface area contributed by atoms with Crippen LogP contribution in [0.2, 0.25) is 0 Å². The molecule has 19 heavy (non-hydrogen) atoms. The maximum Gasteiger partial charge on any atom is 0.255 e. The number of hydrogen-bond donors (Lipinski definition) is 1. The van der Waals surface area contributed by atoms with Gasteiger partial charge in [-0.25, -0.2) is 4.39 Å². The molecule has 1 amide bonds. The van der Waals surface area contributed by atoms with E-state index in [1.54, 1.807) is 18.2 Å². The summed E-state index contributed by atoms with van der Waals surface area (Å²) < 4.78 is 13.1. The third-order valence-electron chi connectivity index (χ3n) is 3.07. The number of benzene rings is 2. The average molecular weight is 257 g/mol. The number of hydrogen-bond acceptors (Lipinski definition) is 1. The number of carbonyl (C=O) groups excluding carboxylic acids is 1. The van der Waals surface area contributed by atoms with Crippen molar-refractivity contribution in [3.05, 3.63) is 65.0 Å². The van der Waals surface area contributed by atoms with Gasteiger partial charge in [0.15, 0.2) is 0 Å². The van der Waals surface area contributed by atoms with E-state index < -0.39 is 0 Å². The van der Waals surface area contributed by atoms with Gasteiger partial charge in [-0.15, -0.1) is 0 Å². The van der Waals surface area contributed by atoms with Gasteiger partial charge < -0.3 is 5.32 Å². The normalized spacial score (nSPS) is 10.3. The summed E-state index contributed by atoms with van der Waals surface area (Å²) in [6.45, 7) is 3.89. The predicted octanol–water partition coefficient (Wildman–Crippen LogP) is 3.95. The van der Waals surface area contributed by atoms with Gasteiger partial charge >= 0.3 is 0 Å². The van der Waals surface area contributed by atoms with E-state index in [0.717, 1.165) is 12.0 Å². The third kappa shape index (κ3) is 3.19. The summed E-state index contributed by atoms with van der Waals surface area (Å²) in [7, 11) is 0. The van der Waals surface area contributed by atoms with E-state index in [1.807, 2.05) is 19.1 Å². The Morgan fingerprint density at radius 1 is 1.16 bits per heavy atom. The van der Waals surface area contributed by atoms with Gasteiger partial charge in [0.2, 0.25) is 0 Å². The number of aryl methyl sites for hydroxylation is 2. The fourth-order valence-electron chi connectivity index (χ4n) is 1.82. The molecule has 2 rings (SSSR count). The quantitative estimate of drug-likeness (QED) is 0.886. The summed E-state index contributed by atoms with van der Waals surface area (Å²) in [4.78, 5) is 12.0. The molecule has 0 aromatic heterocycles. The van der Waals surface area contributed by atoms with Crippen LogP contribution in [0, 0.1) is 12.7 Å². The van der Waals surface area contributed by atoms with Gasteiger partial charge in [-0.3, -0.25) is 4.79 Å². The first-order valence-electron chi connectivity index (χ1n) is 6.26. The van der Waals surface area contributed by atoms with E-state index in [9.17, 15) is 9.18 Å². The standard InChI is InChI=1S/C16H16FNO/c1-3-12-5-7-13(8-6-12)16(19)18-15-10-14(17)9-4-11(15)2/h4-10H,3H2,1-2H3,(H,18,19). The van der Waals surface area contributed by atoms with Gasteiger partial charge in [0.25, 0.3) is 5.91 Å². The van der Waals surface area contributed by atoms with Crippen LogP contribution in [0.1, 0.15) is 28.4 Å². The van der Waals surface area contributed by atoms with Crippen molar-refractivity contribution >= 4 is 11.6 Å². The number of nitrogens with one attached hydrogen (secondary N) is 1. The highest BCUT2D eigenvalue weighted by molar-refractivity contribution is 6.04. The van der Waals surface area contributed by atoms with Crippen LogP contribution in [0.25, 0.3) is 0 Å². The number of halogens is 1. The second-order valence-electron chi connectivity index (χ2n) is 4.46. The number of anilines is 1. The lowest BCUT2D eigenvalue weighted by Gasteiger charge is -2.08. The molecule has 2 aromatic rings. The zero-order valence-corrected chi connectivity index (χ0v) is 11.0. The Kier molecular flexibility index (Phi) is 3.95. The van der Waals surface area contributed by atoms with Crippen molar-refractivity contribution in [3.8, 4) is 0 Å². The first kappa shape index (κ1) is 13.3. The molecule has 0 bridgehead atoms. The van der Waals surface area contributed by atoms with E-state index in [-0.39, 0.29) is 11.7 Å². The largest absolute Gasteiger partial charge is 0.322 e. The van der Waals surface area contributed by atoms with Gasteiger partial charge in [0.1, 0.15) is 5.82 Å². The molecule has 0 spiro atoms. The van der Waals surface area contributed by atoms with E-state index in [4.69, 9.17) is 0 Å². The highest BCUT2D eigenvalue weighted by Gasteiger charge is 2.08. The first-order valence-corrected chi connectivity index (χ1v) is 6.26. The van der Waals surface area contributed by atoms with Gasteiger partial charge in [-0.2, -0.15) is 0 Å². The van der Waals surface area contributed by atoms with Crippen molar-refractivity contribution in [2.45, 2.75) is 20.3 Å². The van der Waals surface area contributed by atoms with Crippen LogP contribution in [0.4, 0.5) is 10.1 Å². The van der Waals surface area contributed by atoms with Crippen molar-refractivity contribution in [2.24, 2.45) is 0 Å². The summed E-state index contributed by atoms with van der Waals surface area (Å²) in [6, 6.07) is 11.8. The molecule has 0 saturated carbocycles. The van der Waals surface area contributed by atoms with Gasteiger partial charge in [0, 0.05) is 11.3 Å². The Morgan fingerprint density at radius 2 is 1.84 bits per heavy atom. The Labute approximate surface area is 112 Å². The van der Waals surface area contributed by atoms with E-state index >= 15 is 0 Å². The molecule has 0 unspecified atom stereocenters.